The fourth-order valence-electron chi connectivity index (χ4n) is 1.65. The molecular weight excluding hydrogens is 252 g/mol. The Bertz CT molecular complexity index is 562. The molecule has 2 rings (SSSR count). The zero-order chi connectivity index (χ0) is 11.9. The summed E-state index contributed by atoms with van der Waals surface area (Å²) in [5.41, 5.74) is 0.763. The highest BCUT2D eigenvalue weighted by molar-refractivity contribution is 8.13. The van der Waals surface area contributed by atoms with Crippen LogP contribution in [0.3, 0.4) is 0 Å². The van der Waals surface area contributed by atoms with Crippen molar-refractivity contribution >= 4 is 25.5 Å². The number of ketones is 1. The lowest BCUT2D eigenvalue weighted by molar-refractivity contribution is 0.0933. The number of aryl methyl sites for hydroxylation is 1. The molecule has 0 radical (unpaired) electrons. The molecule has 0 aromatic heterocycles. The Morgan fingerprint density at radius 3 is 2.69 bits per heavy atom. The lowest BCUT2D eigenvalue weighted by atomic mass is 10.0. The van der Waals surface area contributed by atoms with Crippen LogP contribution in [0.4, 0.5) is 0 Å². The maximum atomic E-state index is 11.6. The minimum Gasteiger partial charge on any atom is -0.492 e. The Morgan fingerprint density at radius 2 is 2.06 bits per heavy atom. The Balaban J connectivity index is 2.68. The van der Waals surface area contributed by atoms with Crippen molar-refractivity contribution in [3.05, 3.63) is 23.3 Å². The van der Waals surface area contributed by atoms with E-state index in [9.17, 15) is 13.2 Å². The van der Waals surface area contributed by atoms with E-state index in [-0.39, 0.29) is 22.7 Å². The highest BCUT2D eigenvalue weighted by Gasteiger charge is 2.23. The third-order valence-electron chi connectivity index (χ3n) is 2.43. The third-order valence-corrected chi connectivity index (χ3v) is 3.89. The second-order valence-electron chi connectivity index (χ2n) is 3.57. The van der Waals surface area contributed by atoms with E-state index in [2.05, 4.69) is 0 Å². The van der Waals surface area contributed by atoms with Gasteiger partial charge in [0, 0.05) is 17.1 Å². The van der Waals surface area contributed by atoms with Crippen molar-refractivity contribution in [3.63, 3.8) is 0 Å². The highest BCUT2D eigenvalue weighted by atomic mass is 35.7. The van der Waals surface area contributed by atoms with Crippen molar-refractivity contribution in [2.75, 3.05) is 6.61 Å². The normalized spacial score (nSPS) is 15.5. The number of hydrogen-bond donors (Lipinski definition) is 0. The maximum Gasteiger partial charge on any atom is 0.261 e. The number of carbonyl (C=O) groups is 1. The van der Waals surface area contributed by atoms with Crippen LogP contribution in [0, 0.1) is 6.92 Å². The van der Waals surface area contributed by atoms with E-state index < -0.39 is 9.05 Å². The zero-order valence-electron chi connectivity index (χ0n) is 8.49. The molecule has 0 atom stereocenters. The minimum atomic E-state index is -3.83. The summed E-state index contributed by atoms with van der Waals surface area (Å²) in [5, 5.41) is 0. The second kappa shape index (κ2) is 3.75. The van der Waals surface area contributed by atoms with Crippen LogP contribution in [0.25, 0.3) is 0 Å². The Morgan fingerprint density at radius 1 is 1.38 bits per heavy atom. The molecule has 0 spiro atoms. The topological polar surface area (TPSA) is 60.4 Å². The quantitative estimate of drug-likeness (QED) is 0.724. The highest BCUT2D eigenvalue weighted by Crippen LogP contribution is 2.31. The molecule has 0 saturated heterocycles. The molecule has 6 heteroatoms. The van der Waals surface area contributed by atoms with Gasteiger partial charge >= 0.3 is 0 Å². The SMILES string of the molecule is Cc1cc2c(cc1S(=O)(=O)Cl)C(=O)CCO2. The molecule has 0 fully saturated rings. The first-order valence-electron chi connectivity index (χ1n) is 4.65. The monoisotopic (exact) mass is 260 g/mol. The van der Waals surface area contributed by atoms with Gasteiger partial charge in [-0.15, -0.1) is 0 Å². The van der Waals surface area contributed by atoms with Gasteiger partial charge in [-0.2, -0.15) is 0 Å². The predicted octanol–water partition coefficient (Wildman–Crippen LogP) is 1.89. The van der Waals surface area contributed by atoms with Crippen molar-refractivity contribution in [2.24, 2.45) is 0 Å². The summed E-state index contributed by atoms with van der Waals surface area (Å²) in [6, 6.07) is 2.82. The lowest BCUT2D eigenvalue weighted by Crippen LogP contribution is -2.16. The molecule has 16 heavy (non-hydrogen) atoms. The Hall–Kier alpha value is -1.07. The molecule has 0 aliphatic carbocycles. The first-order valence-corrected chi connectivity index (χ1v) is 6.96. The van der Waals surface area contributed by atoms with E-state index in [0.29, 0.717) is 17.9 Å². The number of ether oxygens (including phenoxy) is 1. The van der Waals surface area contributed by atoms with E-state index in [4.69, 9.17) is 15.4 Å². The van der Waals surface area contributed by atoms with Crippen LogP contribution < -0.4 is 4.74 Å². The predicted molar refractivity (Wildman–Crippen MR) is 58.7 cm³/mol. The van der Waals surface area contributed by atoms with Crippen molar-refractivity contribution in [1.82, 2.24) is 0 Å². The summed E-state index contributed by atoms with van der Waals surface area (Å²) >= 11 is 0. The van der Waals surface area contributed by atoms with Gasteiger partial charge in [0.05, 0.1) is 17.1 Å². The molecule has 1 heterocycles. The van der Waals surface area contributed by atoms with E-state index in [1.54, 1.807) is 6.92 Å². The summed E-state index contributed by atoms with van der Waals surface area (Å²) in [5.74, 6) is 0.306. The fourth-order valence-corrected chi connectivity index (χ4v) is 2.85. The second-order valence-corrected chi connectivity index (χ2v) is 6.11. The molecular formula is C10H9ClO4S. The molecule has 0 amide bonds. The molecule has 1 aliphatic rings. The van der Waals surface area contributed by atoms with Gasteiger partial charge in [-0.3, -0.25) is 4.79 Å². The van der Waals surface area contributed by atoms with Crippen LogP contribution in [0.2, 0.25) is 0 Å². The average Bonchev–Trinajstić information content (AvgIpc) is 2.15. The number of rotatable bonds is 1. The smallest absolute Gasteiger partial charge is 0.261 e. The fraction of sp³-hybridized carbons (Fsp3) is 0.300. The minimum absolute atomic E-state index is 0.0354. The number of fused-ring (bicyclic) bond motifs is 1. The number of halogens is 1. The van der Waals surface area contributed by atoms with Gasteiger partial charge in [0.15, 0.2) is 5.78 Å². The van der Waals surface area contributed by atoms with Gasteiger partial charge in [-0.1, -0.05) is 0 Å². The molecule has 86 valence electrons. The van der Waals surface area contributed by atoms with Crippen LogP contribution in [0.1, 0.15) is 22.3 Å². The van der Waals surface area contributed by atoms with Crippen molar-refractivity contribution in [2.45, 2.75) is 18.2 Å². The summed E-state index contributed by atoms with van der Waals surface area (Å²) in [7, 11) is 1.45. The van der Waals surface area contributed by atoms with Gasteiger partial charge in [0.25, 0.3) is 9.05 Å². The molecule has 1 aromatic rings. The summed E-state index contributed by atoms with van der Waals surface area (Å²) in [4.78, 5) is 11.5. The van der Waals surface area contributed by atoms with Crippen molar-refractivity contribution in [3.8, 4) is 5.75 Å². The largest absolute Gasteiger partial charge is 0.492 e. The first kappa shape index (κ1) is 11.4. The molecule has 4 nitrogen and oxygen atoms in total. The summed E-state index contributed by atoms with van der Waals surface area (Å²) in [6.07, 6.45) is 0.262. The van der Waals surface area contributed by atoms with Crippen LogP contribution in [0.5, 0.6) is 5.75 Å². The molecule has 1 aliphatic heterocycles. The Kier molecular flexibility index (Phi) is 2.67. The molecule has 0 unspecified atom stereocenters. The summed E-state index contributed by atoms with van der Waals surface area (Å²) in [6.45, 7) is 1.94. The van der Waals surface area contributed by atoms with Gasteiger partial charge in [-0.05, 0) is 24.6 Å². The van der Waals surface area contributed by atoms with Gasteiger partial charge < -0.3 is 4.74 Å². The number of carbonyl (C=O) groups excluding carboxylic acids is 1. The van der Waals surface area contributed by atoms with Crippen LogP contribution in [-0.4, -0.2) is 20.8 Å². The average molecular weight is 261 g/mol. The van der Waals surface area contributed by atoms with Gasteiger partial charge in [0.1, 0.15) is 5.75 Å². The van der Waals surface area contributed by atoms with Crippen molar-refractivity contribution < 1.29 is 17.9 Å². The van der Waals surface area contributed by atoms with Crippen molar-refractivity contribution in [1.29, 1.82) is 0 Å². The number of hydrogen-bond acceptors (Lipinski definition) is 4. The molecule has 0 bridgehead atoms. The van der Waals surface area contributed by atoms with E-state index in [1.807, 2.05) is 0 Å². The van der Waals surface area contributed by atoms with E-state index in [0.717, 1.165) is 0 Å². The standard InChI is InChI=1S/C10H9ClO4S/c1-6-4-9-7(8(12)2-3-15-9)5-10(6)16(11,13)14/h4-5H,2-3H2,1H3. The molecule has 1 aromatic carbocycles. The number of Topliss-reactive ketones (excluding diaryl/α,β-unsaturated/α-hetero) is 1. The first-order chi connectivity index (χ1) is 7.39. The summed E-state index contributed by atoms with van der Waals surface area (Å²) < 4.78 is 27.8. The Labute approximate surface area is 97.6 Å². The van der Waals surface area contributed by atoms with Crippen LogP contribution in [-0.2, 0) is 9.05 Å². The van der Waals surface area contributed by atoms with Crippen LogP contribution >= 0.6 is 10.7 Å². The molecule has 0 saturated carbocycles. The number of benzene rings is 1. The lowest BCUT2D eigenvalue weighted by Gasteiger charge is -2.17. The van der Waals surface area contributed by atoms with Gasteiger partial charge in [-0.25, -0.2) is 8.42 Å². The van der Waals surface area contributed by atoms with E-state index >= 15 is 0 Å². The molecule has 0 N–H and O–H groups in total. The van der Waals surface area contributed by atoms with E-state index in [1.165, 1.54) is 12.1 Å². The maximum absolute atomic E-state index is 11.6. The zero-order valence-corrected chi connectivity index (χ0v) is 10.1. The third kappa shape index (κ3) is 1.92. The van der Waals surface area contributed by atoms with Crippen LogP contribution in [0.15, 0.2) is 17.0 Å². The van der Waals surface area contributed by atoms with Gasteiger partial charge in [0.2, 0.25) is 0 Å².